The van der Waals surface area contributed by atoms with Crippen LogP contribution in [0.2, 0.25) is 0 Å². The van der Waals surface area contributed by atoms with Gasteiger partial charge in [0, 0.05) is 0 Å². The molecule has 2 aliphatic carbocycles. The molecule has 3 heteroatoms. The van der Waals surface area contributed by atoms with E-state index >= 15 is 0 Å². The van der Waals surface area contributed by atoms with Crippen LogP contribution in [0, 0.1) is 11.8 Å². The molecular formula is C17H24Cl2Zr. The molecule has 0 aromatic heterocycles. The molecule has 0 heterocycles. The van der Waals surface area contributed by atoms with Crippen LogP contribution in [0.1, 0.15) is 48.5 Å². The van der Waals surface area contributed by atoms with Gasteiger partial charge in [-0.1, -0.05) is 0 Å². The Balaban J connectivity index is 0.00000180. The summed E-state index contributed by atoms with van der Waals surface area (Å²) < 4.78 is 3.62. The van der Waals surface area contributed by atoms with Crippen molar-refractivity contribution in [2.75, 3.05) is 0 Å². The van der Waals surface area contributed by atoms with E-state index in [1.807, 2.05) is 3.28 Å². The van der Waals surface area contributed by atoms with Crippen LogP contribution in [0.4, 0.5) is 0 Å². The molecule has 0 radical (unpaired) electrons. The van der Waals surface area contributed by atoms with E-state index in [1.54, 1.807) is 25.6 Å². The maximum absolute atomic E-state index is 2.45. The first kappa shape index (κ1) is 20.4. The molecule has 0 N–H and O–H groups in total. The second kappa shape index (κ2) is 7.61. The van der Waals surface area contributed by atoms with Gasteiger partial charge in [0.15, 0.2) is 0 Å². The van der Waals surface area contributed by atoms with E-state index in [2.05, 4.69) is 54.5 Å². The normalized spacial score (nSPS) is 25.4. The van der Waals surface area contributed by atoms with Crippen molar-refractivity contribution in [3.8, 4) is 0 Å². The Morgan fingerprint density at radius 3 is 1.70 bits per heavy atom. The Kier molecular flexibility index (Phi) is 7.78. The molecule has 0 aromatic carbocycles. The topological polar surface area (TPSA) is 0 Å². The van der Waals surface area contributed by atoms with Gasteiger partial charge in [-0.15, -0.1) is 0 Å². The van der Waals surface area contributed by atoms with E-state index < -0.39 is 23.2 Å². The van der Waals surface area contributed by atoms with Gasteiger partial charge in [-0.2, -0.15) is 0 Å². The number of hydrogen-bond donors (Lipinski definition) is 0. The molecule has 2 atom stereocenters. The van der Waals surface area contributed by atoms with Gasteiger partial charge in [-0.25, -0.2) is 0 Å². The summed E-state index contributed by atoms with van der Waals surface area (Å²) in [4.78, 5) is 0. The number of halogens is 2. The van der Waals surface area contributed by atoms with Crippen molar-refractivity contribution in [3.05, 3.63) is 40.5 Å². The second-order valence-electron chi connectivity index (χ2n) is 5.87. The Bertz CT molecular complexity index is 521. The first-order valence-electron chi connectivity index (χ1n) is 6.89. The molecule has 110 valence electrons. The first-order chi connectivity index (χ1) is 8.34. The van der Waals surface area contributed by atoms with Crippen LogP contribution in [0.3, 0.4) is 0 Å². The average Bonchev–Trinajstić information content (AvgIpc) is 2.66. The van der Waals surface area contributed by atoms with Gasteiger partial charge in [0.05, 0.1) is 0 Å². The molecule has 0 fully saturated rings. The summed E-state index contributed by atoms with van der Waals surface area (Å²) in [7, 11) is 0. The van der Waals surface area contributed by atoms with Crippen LogP contribution in [-0.2, 0) is 23.2 Å². The Hall–Kier alpha value is 0.423. The third-order valence-corrected chi connectivity index (χ3v) is 10.2. The van der Waals surface area contributed by atoms with Crippen LogP contribution in [0.25, 0.3) is 0 Å². The summed E-state index contributed by atoms with van der Waals surface area (Å²) in [6.45, 7) is 16.3. The van der Waals surface area contributed by atoms with Crippen molar-refractivity contribution in [2.24, 2.45) is 11.8 Å². The fourth-order valence-corrected chi connectivity index (χ4v) is 7.47. The maximum atomic E-state index is 2.45. The maximum Gasteiger partial charge on any atom is -1.00 e. The van der Waals surface area contributed by atoms with Crippen molar-refractivity contribution in [1.82, 2.24) is 0 Å². The molecule has 2 aliphatic rings. The molecule has 0 aliphatic heterocycles. The van der Waals surface area contributed by atoms with Crippen molar-refractivity contribution in [1.29, 1.82) is 0 Å². The van der Waals surface area contributed by atoms with E-state index in [1.165, 1.54) is 5.57 Å². The minimum Gasteiger partial charge on any atom is -1.00 e. The van der Waals surface area contributed by atoms with Gasteiger partial charge in [0.2, 0.25) is 0 Å². The number of allylic oxidation sites excluding steroid dienone is 8. The van der Waals surface area contributed by atoms with Crippen LogP contribution in [-0.4, -0.2) is 0 Å². The van der Waals surface area contributed by atoms with E-state index in [9.17, 15) is 0 Å². The van der Waals surface area contributed by atoms with Gasteiger partial charge in [-0.05, 0) is 0 Å². The number of hydrogen-bond acceptors (Lipinski definition) is 0. The molecule has 2 rings (SSSR count). The fraction of sp³-hybridized carbons (Fsp3) is 0.529. The monoisotopic (exact) mass is 388 g/mol. The van der Waals surface area contributed by atoms with Crippen molar-refractivity contribution in [2.45, 2.75) is 48.5 Å². The van der Waals surface area contributed by atoms with Crippen molar-refractivity contribution < 1.29 is 48.0 Å². The largest absolute Gasteiger partial charge is 1.00 e. The van der Waals surface area contributed by atoms with E-state index in [-0.39, 0.29) is 24.8 Å². The summed E-state index contributed by atoms with van der Waals surface area (Å²) >= 11 is -0.575. The standard InChI is InChI=1S/C9H13.C8H11.2ClH.Zr/c1-6-5-7(2)9(4)8(6)3;1-6-4-7(2)8(3)5-6;;;/h6H,1-4H3;4,6H,1-3H3;2*1H;/q;;;;+2/p-2. The van der Waals surface area contributed by atoms with Crippen molar-refractivity contribution in [3.63, 3.8) is 0 Å². The summed E-state index contributed by atoms with van der Waals surface area (Å²) in [6, 6.07) is 0. The molecule has 0 saturated heterocycles. The molecule has 0 spiro atoms. The van der Waals surface area contributed by atoms with Crippen LogP contribution in [0.15, 0.2) is 40.5 Å². The van der Waals surface area contributed by atoms with Gasteiger partial charge < -0.3 is 24.8 Å². The molecule has 0 nitrogen and oxygen atoms in total. The first-order valence-corrected chi connectivity index (χ1v) is 9.35. The molecule has 0 aromatic rings. The van der Waals surface area contributed by atoms with Crippen LogP contribution >= 0.6 is 0 Å². The van der Waals surface area contributed by atoms with E-state index in [4.69, 9.17) is 0 Å². The van der Waals surface area contributed by atoms with Crippen LogP contribution < -0.4 is 24.8 Å². The third kappa shape index (κ3) is 3.42. The molecule has 20 heavy (non-hydrogen) atoms. The zero-order chi connectivity index (χ0) is 13.6. The van der Waals surface area contributed by atoms with E-state index in [0.717, 1.165) is 0 Å². The quantitative estimate of drug-likeness (QED) is 0.580. The number of rotatable bonds is 2. The Labute approximate surface area is 148 Å². The average molecular weight is 391 g/mol. The minimum absolute atomic E-state index is 0. The van der Waals surface area contributed by atoms with E-state index in [0.29, 0.717) is 11.8 Å². The summed E-state index contributed by atoms with van der Waals surface area (Å²) in [6.07, 6.45) is 2.45. The van der Waals surface area contributed by atoms with Crippen LogP contribution in [0.5, 0.6) is 0 Å². The second-order valence-corrected chi connectivity index (χ2v) is 9.13. The third-order valence-electron chi connectivity index (χ3n) is 4.86. The van der Waals surface area contributed by atoms with Gasteiger partial charge in [0.25, 0.3) is 0 Å². The smallest absolute Gasteiger partial charge is 1.00 e. The predicted octanol–water partition coefficient (Wildman–Crippen LogP) is -0.793. The molecular weight excluding hydrogens is 366 g/mol. The summed E-state index contributed by atoms with van der Waals surface area (Å²) in [5.74, 6) is 1.41. The zero-order valence-corrected chi connectivity index (χ0v) is 17.5. The predicted molar refractivity (Wildman–Crippen MR) is 75.9 cm³/mol. The fourth-order valence-electron chi connectivity index (χ4n) is 3.06. The Morgan fingerprint density at radius 2 is 1.35 bits per heavy atom. The molecule has 0 saturated carbocycles. The van der Waals surface area contributed by atoms with Gasteiger partial charge >= 0.3 is 124 Å². The molecule has 2 unspecified atom stereocenters. The SMILES string of the molecule is CC1=CC(C)[C]([Zr+2][C]2=C(C)C(C)=C(C)C2C)=C1C.[Cl-].[Cl-]. The Morgan fingerprint density at radius 1 is 0.800 bits per heavy atom. The summed E-state index contributed by atoms with van der Waals surface area (Å²) in [5, 5.41) is 0. The minimum atomic E-state index is -0.575. The van der Waals surface area contributed by atoms with Gasteiger partial charge in [-0.3, -0.25) is 0 Å². The summed E-state index contributed by atoms with van der Waals surface area (Å²) in [5.41, 5.74) is 7.90. The van der Waals surface area contributed by atoms with Gasteiger partial charge in [0.1, 0.15) is 0 Å². The van der Waals surface area contributed by atoms with Crippen molar-refractivity contribution >= 4 is 0 Å². The molecule has 0 amide bonds. The molecule has 0 bridgehead atoms. The zero-order valence-electron chi connectivity index (χ0n) is 13.5.